The van der Waals surface area contributed by atoms with E-state index in [1.807, 2.05) is 13.0 Å². The molecule has 0 saturated heterocycles. The van der Waals surface area contributed by atoms with E-state index in [0.717, 1.165) is 17.2 Å². The maximum atomic E-state index is 4.67. The fourth-order valence-corrected chi connectivity index (χ4v) is 1.30. The first-order valence-electron chi connectivity index (χ1n) is 3.30. The number of hydrogen-bond donors (Lipinski definition) is 0. The van der Waals surface area contributed by atoms with E-state index >= 15 is 0 Å². The van der Waals surface area contributed by atoms with Crippen molar-refractivity contribution in [1.82, 2.24) is 5.16 Å². The lowest BCUT2D eigenvalue weighted by molar-refractivity contribution is 0.414. The van der Waals surface area contributed by atoms with Gasteiger partial charge in [-0.2, -0.15) is 0 Å². The van der Waals surface area contributed by atoms with Crippen LogP contribution in [0.1, 0.15) is 12.6 Å². The van der Waals surface area contributed by atoms with Crippen LogP contribution in [-0.2, 0) is 5.75 Å². The fraction of sp³-hybridized carbons (Fsp3) is 0.375. The molecule has 1 aromatic heterocycles. The highest BCUT2D eigenvalue weighted by atomic mass is 32.2. The first-order chi connectivity index (χ1) is 5.43. The first kappa shape index (κ1) is 8.22. The minimum Gasteiger partial charge on any atom is -0.364 e. The Morgan fingerprint density at radius 2 is 2.64 bits per heavy atom. The van der Waals surface area contributed by atoms with Crippen molar-refractivity contribution >= 4 is 11.8 Å². The minimum absolute atomic E-state index is 0.864. The number of hydrogen-bond acceptors (Lipinski definition) is 3. The number of aromatic nitrogens is 1. The van der Waals surface area contributed by atoms with Crippen molar-refractivity contribution in [2.24, 2.45) is 0 Å². The molecule has 0 spiro atoms. The maximum absolute atomic E-state index is 4.67. The molecule has 0 bridgehead atoms. The largest absolute Gasteiger partial charge is 0.364 e. The van der Waals surface area contributed by atoms with Crippen LogP contribution in [0, 0.1) is 11.8 Å². The van der Waals surface area contributed by atoms with Crippen molar-refractivity contribution in [3.63, 3.8) is 0 Å². The summed E-state index contributed by atoms with van der Waals surface area (Å²) in [4.78, 5) is 0. The Bertz CT molecular complexity index is 245. The van der Waals surface area contributed by atoms with Crippen LogP contribution in [0.15, 0.2) is 16.9 Å². The van der Waals surface area contributed by atoms with Crippen molar-refractivity contribution in [2.75, 3.05) is 5.75 Å². The van der Waals surface area contributed by atoms with E-state index in [-0.39, 0.29) is 0 Å². The van der Waals surface area contributed by atoms with Crippen LogP contribution in [0.2, 0.25) is 0 Å². The molecule has 1 heterocycles. The monoisotopic (exact) mass is 167 g/mol. The number of thioether (sulfide) groups is 1. The molecule has 0 atom stereocenters. The Balaban J connectivity index is 2.17. The molecule has 3 heteroatoms. The highest BCUT2D eigenvalue weighted by Crippen LogP contribution is 2.08. The molecular weight excluding hydrogens is 158 g/mol. The van der Waals surface area contributed by atoms with E-state index in [4.69, 9.17) is 0 Å². The standard InChI is InChI=1S/C8H9NOS/c1-2-3-6-11-7-8-4-5-10-9-8/h4-5H,6-7H2,1H3. The second-order valence-electron chi connectivity index (χ2n) is 1.91. The topological polar surface area (TPSA) is 26.0 Å². The van der Waals surface area contributed by atoms with Gasteiger partial charge in [-0.1, -0.05) is 11.1 Å². The van der Waals surface area contributed by atoms with Crippen molar-refractivity contribution < 1.29 is 4.52 Å². The van der Waals surface area contributed by atoms with Crippen LogP contribution < -0.4 is 0 Å². The molecule has 1 rings (SSSR count). The molecule has 58 valence electrons. The molecule has 0 amide bonds. The quantitative estimate of drug-likeness (QED) is 0.508. The van der Waals surface area contributed by atoms with Crippen LogP contribution in [-0.4, -0.2) is 10.9 Å². The van der Waals surface area contributed by atoms with Crippen LogP contribution >= 0.6 is 11.8 Å². The van der Waals surface area contributed by atoms with Gasteiger partial charge in [-0.05, 0) is 6.92 Å². The van der Waals surface area contributed by atoms with E-state index in [9.17, 15) is 0 Å². The van der Waals surface area contributed by atoms with E-state index in [1.54, 1.807) is 18.0 Å². The van der Waals surface area contributed by atoms with E-state index in [1.165, 1.54) is 0 Å². The lowest BCUT2D eigenvalue weighted by atomic mass is 10.5. The molecule has 0 aromatic carbocycles. The predicted molar refractivity (Wildman–Crippen MR) is 46.1 cm³/mol. The third kappa shape index (κ3) is 3.15. The predicted octanol–water partition coefficient (Wildman–Crippen LogP) is 1.93. The van der Waals surface area contributed by atoms with Gasteiger partial charge in [0, 0.05) is 11.8 Å². The fourth-order valence-electron chi connectivity index (χ4n) is 0.591. The molecule has 0 radical (unpaired) electrons. The lowest BCUT2D eigenvalue weighted by Crippen LogP contribution is -1.79. The molecule has 0 fully saturated rings. The normalized spacial score (nSPS) is 8.82. The average Bonchev–Trinajstić information content (AvgIpc) is 2.50. The summed E-state index contributed by atoms with van der Waals surface area (Å²) in [5.41, 5.74) is 0.980. The molecule has 1 aromatic rings. The number of rotatable bonds is 3. The molecule has 11 heavy (non-hydrogen) atoms. The minimum atomic E-state index is 0.864. The zero-order chi connectivity index (χ0) is 7.94. The summed E-state index contributed by atoms with van der Waals surface area (Å²) >= 11 is 1.74. The van der Waals surface area contributed by atoms with Gasteiger partial charge in [0.2, 0.25) is 0 Å². The van der Waals surface area contributed by atoms with Crippen LogP contribution in [0.3, 0.4) is 0 Å². The summed E-state index contributed by atoms with van der Waals surface area (Å²) in [6.45, 7) is 1.84. The SMILES string of the molecule is CC#CCSCc1ccon1. The Morgan fingerprint density at radius 3 is 3.27 bits per heavy atom. The molecule has 2 nitrogen and oxygen atoms in total. The van der Waals surface area contributed by atoms with Gasteiger partial charge >= 0.3 is 0 Å². The van der Waals surface area contributed by atoms with Crippen molar-refractivity contribution in [1.29, 1.82) is 0 Å². The first-order valence-corrected chi connectivity index (χ1v) is 4.45. The zero-order valence-electron chi connectivity index (χ0n) is 6.33. The van der Waals surface area contributed by atoms with Gasteiger partial charge in [0.15, 0.2) is 0 Å². The summed E-state index contributed by atoms with van der Waals surface area (Å²) in [6.07, 6.45) is 1.58. The summed E-state index contributed by atoms with van der Waals surface area (Å²) < 4.78 is 4.67. The summed E-state index contributed by atoms with van der Waals surface area (Å²) in [7, 11) is 0. The van der Waals surface area contributed by atoms with Gasteiger partial charge < -0.3 is 4.52 Å². The molecule has 0 N–H and O–H groups in total. The molecular formula is C8H9NOS. The summed E-state index contributed by atoms with van der Waals surface area (Å²) in [5, 5.41) is 3.77. The van der Waals surface area contributed by atoms with Gasteiger partial charge in [-0.25, -0.2) is 0 Å². The van der Waals surface area contributed by atoms with E-state index in [0.29, 0.717) is 0 Å². The molecule has 0 aliphatic rings. The second kappa shape index (κ2) is 4.86. The highest BCUT2D eigenvalue weighted by Gasteiger charge is 1.93. The van der Waals surface area contributed by atoms with Crippen LogP contribution in [0.5, 0.6) is 0 Å². The lowest BCUT2D eigenvalue weighted by Gasteiger charge is -1.88. The second-order valence-corrected chi connectivity index (χ2v) is 2.90. The van der Waals surface area contributed by atoms with Gasteiger partial charge in [0.25, 0.3) is 0 Å². The third-order valence-corrected chi connectivity index (χ3v) is 1.94. The summed E-state index contributed by atoms with van der Waals surface area (Å²) in [5.74, 6) is 7.54. The summed E-state index contributed by atoms with van der Waals surface area (Å²) in [6, 6.07) is 1.87. The Kier molecular flexibility index (Phi) is 3.63. The maximum Gasteiger partial charge on any atom is 0.124 e. The van der Waals surface area contributed by atoms with E-state index < -0.39 is 0 Å². The van der Waals surface area contributed by atoms with Crippen LogP contribution in [0.25, 0.3) is 0 Å². The van der Waals surface area contributed by atoms with Crippen molar-refractivity contribution in [2.45, 2.75) is 12.7 Å². The Hall–Kier alpha value is -0.880. The van der Waals surface area contributed by atoms with Gasteiger partial charge in [0.1, 0.15) is 6.26 Å². The Morgan fingerprint density at radius 1 is 1.73 bits per heavy atom. The van der Waals surface area contributed by atoms with Gasteiger partial charge in [-0.15, -0.1) is 17.7 Å². The molecule has 0 unspecified atom stereocenters. The molecule has 0 aliphatic heterocycles. The third-order valence-electron chi connectivity index (χ3n) is 1.09. The van der Waals surface area contributed by atoms with Gasteiger partial charge in [-0.3, -0.25) is 0 Å². The Labute approximate surface area is 70.3 Å². The highest BCUT2D eigenvalue weighted by molar-refractivity contribution is 7.98. The number of nitrogens with zero attached hydrogens (tertiary/aromatic N) is 1. The van der Waals surface area contributed by atoms with Gasteiger partial charge in [0.05, 0.1) is 11.4 Å². The zero-order valence-corrected chi connectivity index (χ0v) is 7.15. The molecule has 0 saturated carbocycles. The van der Waals surface area contributed by atoms with Crippen molar-refractivity contribution in [3.8, 4) is 11.8 Å². The average molecular weight is 167 g/mol. The van der Waals surface area contributed by atoms with Crippen LogP contribution in [0.4, 0.5) is 0 Å². The van der Waals surface area contributed by atoms with E-state index in [2.05, 4.69) is 21.5 Å². The molecule has 0 aliphatic carbocycles. The van der Waals surface area contributed by atoms with Crippen molar-refractivity contribution in [3.05, 3.63) is 18.0 Å². The smallest absolute Gasteiger partial charge is 0.124 e.